The lowest BCUT2D eigenvalue weighted by molar-refractivity contribution is -0.0266. The molecule has 1 aliphatic heterocycles. The van der Waals surface area contributed by atoms with Gasteiger partial charge in [0, 0.05) is 29.5 Å². The lowest BCUT2D eigenvalue weighted by Gasteiger charge is -2.31. The van der Waals surface area contributed by atoms with E-state index in [4.69, 9.17) is 4.74 Å². The van der Waals surface area contributed by atoms with Gasteiger partial charge in [-0.1, -0.05) is 20.8 Å². The maximum absolute atomic E-state index is 12.7. The highest BCUT2D eigenvalue weighted by molar-refractivity contribution is 5.92. The minimum absolute atomic E-state index is 0.0647. The third-order valence-corrected chi connectivity index (χ3v) is 3.99. The van der Waals surface area contributed by atoms with Crippen LogP contribution in [0.2, 0.25) is 0 Å². The predicted octanol–water partition coefficient (Wildman–Crippen LogP) is 1.95. The molecule has 0 unspecified atom stereocenters. The molecule has 1 aliphatic rings. The summed E-state index contributed by atoms with van der Waals surface area (Å²) in [6.45, 7) is 9.72. The van der Waals surface area contributed by atoms with Gasteiger partial charge in [0.15, 0.2) is 0 Å². The van der Waals surface area contributed by atoms with Crippen molar-refractivity contribution < 1.29 is 9.53 Å². The van der Waals surface area contributed by atoms with Crippen LogP contribution < -0.4 is 0 Å². The Morgan fingerprint density at radius 2 is 2.22 bits per heavy atom. The van der Waals surface area contributed by atoms with E-state index in [1.54, 1.807) is 11.1 Å². The molecule has 1 saturated heterocycles. The summed E-state index contributed by atoms with van der Waals surface area (Å²) >= 11 is 0. The van der Waals surface area contributed by atoms with E-state index >= 15 is 0 Å². The zero-order valence-electron chi connectivity index (χ0n) is 14.0. The monoisotopic (exact) mass is 317 g/mol. The van der Waals surface area contributed by atoms with E-state index in [0.29, 0.717) is 25.4 Å². The molecule has 1 atom stereocenters. The molecule has 0 spiro atoms. The van der Waals surface area contributed by atoms with Crippen molar-refractivity contribution in [2.75, 3.05) is 19.7 Å². The van der Waals surface area contributed by atoms with Gasteiger partial charge in [0.1, 0.15) is 17.6 Å². The number of ether oxygens (including phenoxy) is 1. The van der Waals surface area contributed by atoms with Crippen molar-refractivity contribution in [1.82, 2.24) is 25.1 Å². The molecular weight excluding hydrogens is 294 g/mol. The molecule has 7 heteroatoms. The fraction of sp³-hybridized carbons (Fsp3) is 0.562. The van der Waals surface area contributed by atoms with Gasteiger partial charge in [0.05, 0.1) is 13.2 Å². The number of carbonyl (C=O) groups excluding carboxylic acids is 1. The number of aryl methyl sites for hydroxylation is 1. The number of hydrogen-bond acceptors (Lipinski definition) is 4. The summed E-state index contributed by atoms with van der Waals surface area (Å²) in [4.78, 5) is 21.9. The van der Waals surface area contributed by atoms with Crippen molar-refractivity contribution in [3.63, 3.8) is 0 Å². The van der Waals surface area contributed by atoms with Crippen LogP contribution in [0, 0.1) is 6.92 Å². The van der Waals surface area contributed by atoms with E-state index in [9.17, 15) is 4.79 Å². The third kappa shape index (κ3) is 3.29. The fourth-order valence-corrected chi connectivity index (χ4v) is 2.57. The number of morpholine rings is 1. The Kier molecular flexibility index (Phi) is 3.97. The summed E-state index contributed by atoms with van der Waals surface area (Å²) in [5, 5.41) is 7.14. The Labute approximate surface area is 135 Å². The molecule has 0 radical (unpaired) electrons. The molecule has 3 rings (SSSR count). The molecule has 2 aromatic rings. The highest BCUT2D eigenvalue weighted by Gasteiger charge is 2.29. The average Bonchev–Trinajstić information content (AvgIpc) is 3.15. The first-order valence-electron chi connectivity index (χ1n) is 7.83. The van der Waals surface area contributed by atoms with Crippen molar-refractivity contribution in [1.29, 1.82) is 0 Å². The maximum atomic E-state index is 12.7. The van der Waals surface area contributed by atoms with Gasteiger partial charge in [-0.05, 0) is 13.0 Å². The van der Waals surface area contributed by atoms with Crippen molar-refractivity contribution in [2.45, 2.75) is 39.2 Å². The molecule has 0 aromatic carbocycles. The molecule has 3 heterocycles. The van der Waals surface area contributed by atoms with Gasteiger partial charge in [-0.2, -0.15) is 5.10 Å². The van der Waals surface area contributed by atoms with Crippen LogP contribution in [0.3, 0.4) is 0 Å². The molecule has 0 bridgehead atoms. The van der Waals surface area contributed by atoms with Gasteiger partial charge in [0.2, 0.25) is 0 Å². The van der Waals surface area contributed by atoms with Crippen LogP contribution in [0.4, 0.5) is 0 Å². The topological polar surface area (TPSA) is 86.9 Å². The number of nitrogens with one attached hydrogen (secondary N) is 2. The first kappa shape index (κ1) is 15.7. The van der Waals surface area contributed by atoms with E-state index in [-0.39, 0.29) is 17.4 Å². The predicted molar refractivity (Wildman–Crippen MR) is 85.2 cm³/mol. The standard InChI is InChI=1S/C16H23N5O2/c1-10-8-17-14(18-10)12-9-21(5-6-23-12)15(22)11-7-13(20-19-11)16(2,3)4/h7-8,12H,5-6,9H2,1-4H3,(H,17,18)(H,19,20)/t12-/m1/s1. The number of carbonyl (C=O) groups is 1. The van der Waals surface area contributed by atoms with Crippen LogP contribution in [0.25, 0.3) is 0 Å². The Balaban J connectivity index is 1.73. The summed E-state index contributed by atoms with van der Waals surface area (Å²) in [5.41, 5.74) is 2.32. The fourth-order valence-electron chi connectivity index (χ4n) is 2.57. The van der Waals surface area contributed by atoms with Crippen molar-refractivity contribution in [3.8, 4) is 0 Å². The zero-order chi connectivity index (χ0) is 16.6. The average molecular weight is 317 g/mol. The van der Waals surface area contributed by atoms with Gasteiger partial charge in [-0.25, -0.2) is 4.98 Å². The third-order valence-electron chi connectivity index (χ3n) is 3.99. The Morgan fingerprint density at radius 1 is 1.43 bits per heavy atom. The second kappa shape index (κ2) is 5.81. The Hall–Kier alpha value is -2.15. The van der Waals surface area contributed by atoms with Crippen LogP contribution in [0.1, 0.15) is 54.6 Å². The van der Waals surface area contributed by atoms with E-state index in [0.717, 1.165) is 17.2 Å². The first-order chi connectivity index (χ1) is 10.8. The quantitative estimate of drug-likeness (QED) is 0.886. The van der Waals surface area contributed by atoms with Gasteiger partial charge < -0.3 is 14.6 Å². The Morgan fingerprint density at radius 3 is 2.83 bits per heavy atom. The van der Waals surface area contributed by atoms with E-state index in [1.807, 2.05) is 13.0 Å². The molecule has 1 fully saturated rings. The highest BCUT2D eigenvalue weighted by atomic mass is 16.5. The number of imidazole rings is 1. The van der Waals surface area contributed by atoms with E-state index in [1.165, 1.54) is 0 Å². The molecule has 1 amide bonds. The zero-order valence-corrected chi connectivity index (χ0v) is 14.0. The van der Waals surface area contributed by atoms with Gasteiger partial charge in [-0.3, -0.25) is 9.89 Å². The summed E-state index contributed by atoms with van der Waals surface area (Å²) < 4.78 is 5.74. The normalized spacial score (nSPS) is 19.1. The second-order valence-electron chi connectivity index (χ2n) is 6.98. The molecule has 0 aliphatic carbocycles. The summed E-state index contributed by atoms with van der Waals surface area (Å²) in [6, 6.07) is 1.84. The smallest absolute Gasteiger partial charge is 0.274 e. The van der Waals surface area contributed by atoms with Crippen LogP contribution in [-0.4, -0.2) is 50.7 Å². The number of amides is 1. The van der Waals surface area contributed by atoms with Gasteiger partial charge in [0.25, 0.3) is 5.91 Å². The van der Waals surface area contributed by atoms with E-state index < -0.39 is 0 Å². The van der Waals surface area contributed by atoms with E-state index in [2.05, 4.69) is 40.9 Å². The second-order valence-corrected chi connectivity index (χ2v) is 6.98. The van der Waals surface area contributed by atoms with Crippen molar-refractivity contribution in [3.05, 3.63) is 35.2 Å². The number of nitrogens with zero attached hydrogens (tertiary/aromatic N) is 3. The number of aromatic nitrogens is 4. The van der Waals surface area contributed by atoms with Crippen LogP contribution >= 0.6 is 0 Å². The van der Waals surface area contributed by atoms with Crippen molar-refractivity contribution >= 4 is 5.91 Å². The number of aromatic amines is 2. The molecule has 2 aromatic heterocycles. The van der Waals surface area contributed by atoms with Crippen LogP contribution in [0.5, 0.6) is 0 Å². The minimum Gasteiger partial charge on any atom is -0.367 e. The molecule has 23 heavy (non-hydrogen) atoms. The number of rotatable bonds is 2. The van der Waals surface area contributed by atoms with Crippen LogP contribution in [-0.2, 0) is 10.2 Å². The molecular formula is C16H23N5O2. The van der Waals surface area contributed by atoms with Gasteiger partial charge >= 0.3 is 0 Å². The molecule has 124 valence electrons. The van der Waals surface area contributed by atoms with Gasteiger partial charge in [-0.15, -0.1) is 0 Å². The summed E-state index contributed by atoms with van der Waals surface area (Å²) in [7, 11) is 0. The molecule has 7 nitrogen and oxygen atoms in total. The lowest BCUT2D eigenvalue weighted by atomic mass is 9.92. The number of H-pyrrole nitrogens is 2. The Bertz CT molecular complexity index is 697. The maximum Gasteiger partial charge on any atom is 0.274 e. The minimum atomic E-state index is -0.220. The number of hydrogen-bond donors (Lipinski definition) is 2. The van der Waals surface area contributed by atoms with Crippen LogP contribution in [0.15, 0.2) is 12.3 Å². The SMILES string of the molecule is Cc1cnc([C@H]2CN(C(=O)c3cc(C(C)(C)C)[nH]n3)CCO2)[nH]1. The first-order valence-corrected chi connectivity index (χ1v) is 7.83. The lowest BCUT2D eigenvalue weighted by Crippen LogP contribution is -2.42. The molecule has 0 saturated carbocycles. The molecule has 2 N–H and O–H groups in total. The largest absolute Gasteiger partial charge is 0.367 e. The van der Waals surface area contributed by atoms with Crippen molar-refractivity contribution in [2.24, 2.45) is 0 Å². The summed E-state index contributed by atoms with van der Waals surface area (Å²) in [6.07, 6.45) is 1.55. The summed E-state index contributed by atoms with van der Waals surface area (Å²) in [5.74, 6) is 0.686. The highest BCUT2D eigenvalue weighted by Crippen LogP contribution is 2.23.